The molecule has 10 nitrogen and oxygen atoms in total. The van der Waals surface area contributed by atoms with E-state index in [0.29, 0.717) is 62.6 Å². The zero-order valence-corrected chi connectivity index (χ0v) is 25.0. The van der Waals surface area contributed by atoms with Gasteiger partial charge < -0.3 is 29.7 Å². The molecule has 0 radical (unpaired) electrons. The first-order valence-electron chi connectivity index (χ1n) is 14.4. The summed E-state index contributed by atoms with van der Waals surface area (Å²) < 4.78 is 48.6. The number of carbonyl (C=O) groups is 1. The Labute approximate surface area is 248 Å². The number of piperazine rings is 1. The number of ether oxygens (including phenoxy) is 1. The van der Waals surface area contributed by atoms with Crippen molar-refractivity contribution in [1.82, 2.24) is 19.9 Å². The smallest absolute Gasteiger partial charge is 0.264 e. The van der Waals surface area contributed by atoms with Crippen LogP contribution in [0.25, 0.3) is 11.1 Å². The molecule has 232 valence electrons. The number of nitrogens with one attached hydrogen (secondary N) is 2. The molecule has 0 saturated carbocycles. The number of aromatic nitrogens is 3. The highest BCUT2D eigenvalue weighted by atomic mass is 19.3. The fourth-order valence-corrected chi connectivity index (χ4v) is 5.09. The second-order valence-electron chi connectivity index (χ2n) is 10.4. The normalized spacial score (nSPS) is 19.2. The number of hydrogen-bond acceptors (Lipinski definition) is 8. The van der Waals surface area contributed by atoms with Crippen LogP contribution in [0, 0.1) is 5.82 Å². The maximum atomic E-state index is 15.7. The molecule has 13 heteroatoms. The van der Waals surface area contributed by atoms with E-state index in [0.717, 1.165) is 6.20 Å². The van der Waals surface area contributed by atoms with Crippen LogP contribution in [0.15, 0.2) is 41.6 Å². The van der Waals surface area contributed by atoms with Crippen LogP contribution in [0.1, 0.15) is 50.0 Å². The van der Waals surface area contributed by atoms with Crippen LogP contribution in [0.5, 0.6) is 0 Å². The molecule has 5 rings (SSSR count). The number of rotatable bonds is 6. The highest BCUT2D eigenvalue weighted by molar-refractivity contribution is 6.07. The Morgan fingerprint density at radius 2 is 1.79 bits per heavy atom. The highest BCUT2D eigenvalue weighted by Crippen LogP contribution is 2.36. The molecule has 2 aliphatic heterocycles. The monoisotopic (exact) mass is 601 g/mol. The molecule has 0 spiro atoms. The lowest BCUT2D eigenvalue weighted by atomic mass is 10.0. The predicted octanol–water partition coefficient (Wildman–Crippen LogP) is 4.55. The Bertz CT molecular complexity index is 1470. The van der Waals surface area contributed by atoms with E-state index >= 15 is 4.39 Å². The minimum Gasteiger partial charge on any atom is -0.375 e. The molecule has 0 bridgehead atoms. The van der Waals surface area contributed by atoms with Gasteiger partial charge in [-0.15, -0.1) is 0 Å². The molecule has 1 aromatic carbocycles. The molecular formula is C30H38F3N7O3. The van der Waals surface area contributed by atoms with Crippen molar-refractivity contribution in [2.24, 2.45) is 0 Å². The third kappa shape index (κ3) is 7.34. The largest absolute Gasteiger partial charge is 0.375 e. The van der Waals surface area contributed by atoms with Crippen molar-refractivity contribution in [3.05, 3.63) is 64.1 Å². The SMILES string of the molecule is CC.CC1CN(c2ncc(-c3cc(NC(=O)c4c[nH]c(=O)cc4C(F)F)c(N4CCN(C)C(C)C4)cc3F)cn2)CCO1. The Balaban J connectivity index is 0.00000207. The van der Waals surface area contributed by atoms with Gasteiger partial charge in [-0.2, -0.15) is 0 Å². The average molecular weight is 602 g/mol. The molecule has 2 aliphatic rings. The lowest BCUT2D eigenvalue weighted by Crippen LogP contribution is -2.50. The lowest BCUT2D eigenvalue weighted by Gasteiger charge is -2.39. The van der Waals surface area contributed by atoms with Crippen LogP contribution < -0.4 is 20.7 Å². The molecule has 43 heavy (non-hydrogen) atoms. The van der Waals surface area contributed by atoms with Crippen LogP contribution >= 0.6 is 0 Å². The molecule has 3 aromatic rings. The summed E-state index contributed by atoms with van der Waals surface area (Å²) in [7, 11) is 2.00. The number of likely N-dealkylation sites (N-methyl/N-ethyl adjacent to an activating group) is 1. The quantitative estimate of drug-likeness (QED) is 0.424. The number of morpholine rings is 1. The first-order chi connectivity index (χ1) is 20.6. The van der Waals surface area contributed by atoms with Crippen molar-refractivity contribution < 1.29 is 22.7 Å². The second kappa shape index (κ2) is 14.0. The van der Waals surface area contributed by atoms with E-state index in [1.165, 1.54) is 24.5 Å². The maximum Gasteiger partial charge on any atom is 0.264 e. The maximum absolute atomic E-state index is 15.7. The van der Waals surface area contributed by atoms with E-state index in [-0.39, 0.29) is 29.0 Å². The summed E-state index contributed by atoms with van der Waals surface area (Å²) >= 11 is 0. The molecule has 2 unspecified atom stereocenters. The Morgan fingerprint density at radius 3 is 2.44 bits per heavy atom. The number of nitrogens with zero attached hydrogens (tertiary/aromatic N) is 5. The van der Waals surface area contributed by atoms with Crippen LogP contribution in [-0.2, 0) is 4.74 Å². The number of halogens is 3. The van der Waals surface area contributed by atoms with Gasteiger partial charge in [0.05, 0.1) is 29.6 Å². The third-order valence-electron chi connectivity index (χ3n) is 7.54. The van der Waals surface area contributed by atoms with Crippen molar-refractivity contribution in [3.8, 4) is 11.1 Å². The number of hydrogen-bond donors (Lipinski definition) is 2. The summed E-state index contributed by atoms with van der Waals surface area (Å²) in [6, 6.07) is 3.66. The van der Waals surface area contributed by atoms with Gasteiger partial charge in [-0.05, 0) is 33.0 Å². The summed E-state index contributed by atoms with van der Waals surface area (Å²) in [5, 5.41) is 2.69. The van der Waals surface area contributed by atoms with E-state index in [2.05, 4.69) is 25.2 Å². The van der Waals surface area contributed by atoms with E-state index < -0.39 is 29.3 Å². The summed E-state index contributed by atoms with van der Waals surface area (Å²) in [5.41, 5.74) is -0.631. The van der Waals surface area contributed by atoms with Crippen molar-refractivity contribution in [2.45, 2.75) is 46.3 Å². The van der Waals surface area contributed by atoms with E-state index in [4.69, 9.17) is 4.74 Å². The van der Waals surface area contributed by atoms with Gasteiger partial charge in [0.15, 0.2) is 0 Å². The Hall–Kier alpha value is -3.97. The molecule has 2 saturated heterocycles. The van der Waals surface area contributed by atoms with Crippen LogP contribution in [0.4, 0.5) is 30.5 Å². The van der Waals surface area contributed by atoms with Crippen molar-refractivity contribution >= 4 is 23.2 Å². The predicted molar refractivity (Wildman–Crippen MR) is 161 cm³/mol. The number of anilines is 3. The Morgan fingerprint density at radius 1 is 1.07 bits per heavy atom. The molecular weight excluding hydrogens is 563 g/mol. The standard InChI is InChI=1S/C28H32F3N7O3.C2H6/c1-16-14-37(5-4-36(16)3)24-10-22(29)19(18-11-33-28(34-12-18)38-6-7-41-17(2)15-38)8-23(24)35-27(40)21-13-32-25(39)9-20(21)26(30)31;1-2/h8-13,16-17,26H,4-7,14-15H2,1-3H3,(H,32,39)(H,35,40);1-2H3. The molecule has 1 amide bonds. The molecule has 2 N–H and O–H groups in total. The first-order valence-corrected chi connectivity index (χ1v) is 14.4. The lowest BCUT2D eigenvalue weighted by molar-refractivity contribution is 0.0526. The number of amides is 1. The van der Waals surface area contributed by atoms with E-state index in [1.54, 1.807) is 0 Å². The van der Waals surface area contributed by atoms with Crippen molar-refractivity contribution in [3.63, 3.8) is 0 Å². The highest BCUT2D eigenvalue weighted by Gasteiger charge is 2.27. The molecule has 4 heterocycles. The van der Waals surface area contributed by atoms with Gasteiger partial charge in [-0.25, -0.2) is 23.1 Å². The number of benzene rings is 1. The number of carbonyl (C=O) groups excluding carboxylic acids is 1. The minimum absolute atomic E-state index is 0.0357. The van der Waals surface area contributed by atoms with E-state index in [9.17, 15) is 18.4 Å². The number of pyridine rings is 1. The number of H-pyrrole nitrogens is 1. The summed E-state index contributed by atoms with van der Waals surface area (Å²) in [5.74, 6) is -0.901. The van der Waals surface area contributed by atoms with Gasteiger partial charge in [0, 0.05) is 80.1 Å². The molecule has 2 atom stereocenters. The van der Waals surface area contributed by atoms with Crippen LogP contribution in [-0.4, -0.2) is 84.3 Å². The zero-order valence-electron chi connectivity index (χ0n) is 25.0. The van der Waals surface area contributed by atoms with Crippen LogP contribution in [0.3, 0.4) is 0 Å². The van der Waals surface area contributed by atoms with Gasteiger partial charge in [0.2, 0.25) is 11.5 Å². The van der Waals surface area contributed by atoms with Crippen LogP contribution in [0.2, 0.25) is 0 Å². The topological polar surface area (TPSA) is 107 Å². The average Bonchev–Trinajstić information content (AvgIpc) is 3.00. The summed E-state index contributed by atoms with van der Waals surface area (Å²) in [6.07, 6.45) is 0.987. The van der Waals surface area contributed by atoms with Gasteiger partial charge in [-0.1, -0.05) is 13.8 Å². The number of alkyl halides is 2. The van der Waals surface area contributed by atoms with Gasteiger partial charge in [-0.3, -0.25) is 9.59 Å². The van der Waals surface area contributed by atoms with E-state index in [1.807, 2.05) is 44.5 Å². The minimum atomic E-state index is -3.04. The van der Waals surface area contributed by atoms with Gasteiger partial charge in [0.1, 0.15) is 5.82 Å². The second-order valence-corrected chi connectivity index (χ2v) is 10.4. The number of aromatic amines is 1. The fourth-order valence-electron chi connectivity index (χ4n) is 5.09. The fraction of sp³-hybridized carbons (Fsp3) is 0.467. The summed E-state index contributed by atoms with van der Waals surface area (Å²) in [4.78, 5) is 42.1. The first kappa shape index (κ1) is 32.0. The molecule has 0 aliphatic carbocycles. The van der Waals surface area contributed by atoms with Gasteiger partial charge in [0.25, 0.3) is 12.3 Å². The third-order valence-corrected chi connectivity index (χ3v) is 7.54. The molecule has 2 fully saturated rings. The van der Waals surface area contributed by atoms with Crippen molar-refractivity contribution in [2.75, 3.05) is 61.5 Å². The molecule has 2 aromatic heterocycles. The van der Waals surface area contributed by atoms with Gasteiger partial charge >= 0.3 is 0 Å². The van der Waals surface area contributed by atoms with Crippen molar-refractivity contribution in [1.29, 1.82) is 0 Å². The Kier molecular flexibility index (Phi) is 10.4. The zero-order chi connectivity index (χ0) is 31.3. The summed E-state index contributed by atoms with van der Waals surface area (Å²) in [6.45, 7) is 11.7.